The fourth-order valence-electron chi connectivity index (χ4n) is 1.89. The molecule has 6 heteroatoms. The first-order chi connectivity index (χ1) is 9.04. The Labute approximate surface area is 109 Å². The summed E-state index contributed by atoms with van der Waals surface area (Å²) in [5.41, 5.74) is 1.17. The Balaban J connectivity index is 2.59. The lowest BCUT2D eigenvalue weighted by Gasteiger charge is -2.08. The second-order valence-corrected chi connectivity index (χ2v) is 4.01. The minimum absolute atomic E-state index is 0.219. The van der Waals surface area contributed by atoms with Gasteiger partial charge in [-0.05, 0) is 19.1 Å². The van der Waals surface area contributed by atoms with E-state index < -0.39 is 11.8 Å². The summed E-state index contributed by atoms with van der Waals surface area (Å²) in [4.78, 5) is 10.8. The third-order valence-electron chi connectivity index (χ3n) is 2.74. The first kappa shape index (κ1) is 13.1. The second kappa shape index (κ2) is 5.09. The van der Waals surface area contributed by atoms with Crippen LogP contribution >= 0.6 is 0 Å². The number of rotatable bonds is 4. The predicted octanol–water partition coefficient (Wildman–Crippen LogP) is 1.96. The number of methoxy groups -OCH3 is 1. The normalized spacial score (nSPS) is 10.5. The molecule has 0 saturated carbocycles. The first-order valence-corrected chi connectivity index (χ1v) is 5.63. The number of aromatic nitrogens is 2. The van der Waals surface area contributed by atoms with E-state index in [1.807, 2.05) is 0 Å². The molecule has 19 heavy (non-hydrogen) atoms. The van der Waals surface area contributed by atoms with E-state index in [9.17, 15) is 9.18 Å². The van der Waals surface area contributed by atoms with Gasteiger partial charge in [-0.2, -0.15) is 9.78 Å². The molecule has 0 amide bonds. The number of hydrogen-bond donors (Lipinski definition) is 1. The highest BCUT2D eigenvalue weighted by Crippen LogP contribution is 2.27. The molecule has 0 fully saturated rings. The maximum absolute atomic E-state index is 13.8. The van der Waals surface area contributed by atoms with Crippen LogP contribution in [0, 0.1) is 12.7 Å². The maximum atomic E-state index is 13.8. The Morgan fingerprint density at radius 1 is 1.47 bits per heavy atom. The minimum Gasteiger partial charge on any atom is -0.481 e. The van der Waals surface area contributed by atoms with Crippen LogP contribution in [0.4, 0.5) is 4.39 Å². The highest BCUT2D eigenvalue weighted by Gasteiger charge is 2.20. The largest absolute Gasteiger partial charge is 0.481 e. The molecule has 0 aliphatic carbocycles. The van der Waals surface area contributed by atoms with E-state index in [0.29, 0.717) is 11.3 Å². The lowest BCUT2D eigenvalue weighted by atomic mass is 10.2. The maximum Gasteiger partial charge on any atom is 0.308 e. The van der Waals surface area contributed by atoms with Crippen LogP contribution in [-0.2, 0) is 11.2 Å². The van der Waals surface area contributed by atoms with Gasteiger partial charge in [0.25, 0.3) is 0 Å². The Morgan fingerprint density at radius 2 is 2.16 bits per heavy atom. The number of para-hydroxylation sites is 1. The molecular weight excluding hydrogens is 251 g/mol. The molecule has 2 aromatic rings. The molecular formula is C13H13FN2O3. The molecule has 0 spiro atoms. The van der Waals surface area contributed by atoms with Gasteiger partial charge in [-0.3, -0.25) is 4.79 Å². The van der Waals surface area contributed by atoms with Gasteiger partial charge in [-0.1, -0.05) is 12.1 Å². The molecule has 1 aromatic carbocycles. The quantitative estimate of drug-likeness (QED) is 0.916. The molecule has 1 N–H and O–H groups in total. The van der Waals surface area contributed by atoms with Crippen LogP contribution < -0.4 is 4.74 Å². The van der Waals surface area contributed by atoms with Crippen LogP contribution in [0.3, 0.4) is 0 Å². The zero-order valence-corrected chi connectivity index (χ0v) is 10.6. The van der Waals surface area contributed by atoms with Crippen molar-refractivity contribution in [2.24, 2.45) is 0 Å². The Hall–Kier alpha value is -2.37. The van der Waals surface area contributed by atoms with Gasteiger partial charge < -0.3 is 9.84 Å². The number of halogens is 1. The number of carbonyl (C=O) groups is 1. The zero-order chi connectivity index (χ0) is 14.0. The van der Waals surface area contributed by atoms with Gasteiger partial charge >= 0.3 is 5.97 Å². The average molecular weight is 264 g/mol. The third kappa shape index (κ3) is 2.42. The van der Waals surface area contributed by atoms with E-state index in [0.717, 1.165) is 0 Å². The van der Waals surface area contributed by atoms with E-state index in [1.54, 1.807) is 25.1 Å². The molecule has 0 unspecified atom stereocenters. The number of ether oxygens (including phenoxy) is 1. The predicted molar refractivity (Wildman–Crippen MR) is 66.2 cm³/mol. The number of aliphatic carboxylic acids is 1. The summed E-state index contributed by atoms with van der Waals surface area (Å²) < 4.78 is 20.2. The smallest absolute Gasteiger partial charge is 0.308 e. The Bertz CT molecular complexity index is 622. The van der Waals surface area contributed by atoms with Crippen LogP contribution in [-0.4, -0.2) is 28.0 Å². The van der Waals surface area contributed by atoms with Gasteiger partial charge in [0.2, 0.25) is 5.88 Å². The van der Waals surface area contributed by atoms with Crippen LogP contribution in [0.5, 0.6) is 5.88 Å². The summed E-state index contributed by atoms with van der Waals surface area (Å²) >= 11 is 0. The zero-order valence-electron chi connectivity index (χ0n) is 10.6. The van der Waals surface area contributed by atoms with Gasteiger partial charge in [0.05, 0.1) is 19.2 Å². The lowest BCUT2D eigenvalue weighted by Crippen LogP contribution is -2.05. The summed E-state index contributed by atoms with van der Waals surface area (Å²) in [5.74, 6) is -1.20. The van der Waals surface area contributed by atoms with Crippen molar-refractivity contribution in [1.82, 2.24) is 9.78 Å². The molecule has 0 saturated heterocycles. The highest BCUT2D eigenvalue weighted by molar-refractivity contribution is 5.71. The van der Waals surface area contributed by atoms with Crippen molar-refractivity contribution in [3.63, 3.8) is 0 Å². The molecule has 0 atom stereocenters. The summed E-state index contributed by atoms with van der Waals surface area (Å²) in [7, 11) is 1.40. The van der Waals surface area contributed by atoms with Gasteiger partial charge in [-0.15, -0.1) is 0 Å². The summed E-state index contributed by atoms with van der Waals surface area (Å²) in [6.07, 6.45) is -0.219. The molecule has 0 bridgehead atoms. The van der Waals surface area contributed by atoms with Crippen molar-refractivity contribution in [2.75, 3.05) is 7.11 Å². The number of hydrogen-bond acceptors (Lipinski definition) is 3. The van der Waals surface area contributed by atoms with Gasteiger partial charge in [0.1, 0.15) is 11.5 Å². The number of aryl methyl sites for hydroxylation is 1. The van der Waals surface area contributed by atoms with Crippen molar-refractivity contribution >= 4 is 5.97 Å². The van der Waals surface area contributed by atoms with E-state index in [2.05, 4.69) is 5.10 Å². The van der Waals surface area contributed by atoms with Crippen molar-refractivity contribution in [3.05, 3.63) is 41.3 Å². The Morgan fingerprint density at radius 3 is 2.74 bits per heavy atom. The molecule has 1 heterocycles. The van der Waals surface area contributed by atoms with E-state index in [-0.39, 0.29) is 18.0 Å². The Kier molecular flexibility index (Phi) is 3.50. The minimum atomic E-state index is -0.991. The first-order valence-electron chi connectivity index (χ1n) is 5.63. The van der Waals surface area contributed by atoms with E-state index in [1.165, 1.54) is 17.9 Å². The van der Waals surface area contributed by atoms with Crippen molar-refractivity contribution in [3.8, 4) is 11.6 Å². The third-order valence-corrected chi connectivity index (χ3v) is 2.74. The van der Waals surface area contributed by atoms with Crippen molar-refractivity contribution in [1.29, 1.82) is 0 Å². The van der Waals surface area contributed by atoms with Crippen LogP contribution in [0.25, 0.3) is 5.69 Å². The SMILES string of the molecule is COc1c(CC(=O)O)c(C)nn1-c1ccccc1F. The fraction of sp³-hybridized carbons (Fsp3) is 0.231. The standard InChI is InChI=1S/C13H13FN2O3/c1-8-9(7-12(17)18)13(19-2)16(15-8)11-6-4-3-5-10(11)14/h3-6H,7H2,1-2H3,(H,17,18). The second-order valence-electron chi connectivity index (χ2n) is 4.01. The summed E-state index contributed by atoms with van der Waals surface area (Å²) in [6, 6.07) is 6.10. The highest BCUT2D eigenvalue weighted by atomic mass is 19.1. The van der Waals surface area contributed by atoms with Crippen LogP contribution in [0.1, 0.15) is 11.3 Å². The van der Waals surface area contributed by atoms with E-state index in [4.69, 9.17) is 9.84 Å². The van der Waals surface area contributed by atoms with Gasteiger partial charge in [0.15, 0.2) is 0 Å². The lowest BCUT2D eigenvalue weighted by molar-refractivity contribution is -0.136. The molecule has 0 radical (unpaired) electrons. The molecule has 5 nitrogen and oxygen atoms in total. The van der Waals surface area contributed by atoms with Crippen LogP contribution in [0.2, 0.25) is 0 Å². The van der Waals surface area contributed by atoms with Gasteiger partial charge in [-0.25, -0.2) is 4.39 Å². The number of nitrogens with zero attached hydrogens (tertiary/aromatic N) is 2. The topological polar surface area (TPSA) is 64.3 Å². The monoisotopic (exact) mass is 264 g/mol. The molecule has 1 aromatic heterocycles. The van der Waals surface area contributed by atoms with Crippen molar-refractivity contribution < 1.29 is 19.0 Å². The summed E-state index contributed by atoms with van der Waals surface area (Å²) in [5, 5.41) is 13.0. The molecule has 0 aliphatic heterocycles. The van der Waals surface area contributed by atoms with E-state index >= 15 is 0 Å². The number of benzene rings is 1. The van der Waals surface area contributed by atoms with Gasteiger partial charge in [0, 0.05) is 5.56 Å². The summed E-state index contributed by atoms with van der Waals surface area (Å²) in [6.45, 7) is 1.66. The number of carboxylic acid groups (broad SMARTS) is 1. The van der Waals surface area contributed by atoms with Crippen LogP contribution in [0.15, 0.2) is 24.3 Å². The fourth-order valence-corrected chi connectivity index (χ4v) is 1.89. The number of carboxylic acids is 1. The van der Waals surface area contributed by atoms with Crippen molar-refractivity contribution in [2.45, 2.75) is 13.3 Å². The molecule has 0 aliphatic rings. The molecule has 2 rings (SSSR count). The molecule has 100 valence electrons. The average Bonchev–Trinajstić information content (AvgIpc) is 2.66.